The zero-order valence-corrected chi connectivity index (χ0v) is 11.9. The second-order valence-electron chi connectivity index (χ2n) is 4.62. The lowest BCUT2D eigenvalue weighted by molar-refractivity contribution is 0.102. The second-order valence-corrected chi connectivity index (χ2v) is 4.62. The van der Waals surface area contributed by atoms with E-state index in [1.165, 1.54) is 0 Å². The van der Waals surface area contributed by atoms with E-state index in [-0.39, 0.29) is 5.91 Å². The van der Waals surface area contributed by atoms with Crippen LogP contribution in [0, 0.1) is 11.3 Å². The lowest BCUT2D eigenvalue weighted by Gasteiger charge is -2.08. The summed E-state index contributed by atoms with van der Waals surface area (Å²) in [6.45, 7) is 3.73. The number of anilines is 1. The first kappa shape index (κ1) is 14.8. The Hall–Kier alpha value is -2.64. The maximum atomic E-state index is 12.1. The number of amides is 1. The number of nitrogens with one attached hydrogen (secondary N) is 2. The minimum absolute atomic E-state index is 0.180. The molecule has 0 aliphatic heterocycles. The van der Waals surface area contributed by atoms with E-state index in [1.807, 2.05) is 30.3 Å². The highest BCUT2D eigenvalue weighted by Crippen LogP contribution is 2.13. The molecule has 0 unspecified atom stereocenters. The van der Waals surface area contributed by atoms with E-state index >= 15 is 0 Å². The van der Waals surface area contributed by atoms with Gasteiger partial charge in [-0.15, -0.1) is 0 Å². The minimum Gasteiger partial charge on any atom is -0.322 e. The molecule has 0 heterocycles. The first-order chi connectivity index (χ1) is 10.2. The average Bonchev–Trinajstić information content (AvgIpc) is 2.53. The van der Waals surface area contributed by atoms with Gasteiger partial charge in [-0.3, -0.25) is 4.79 Å². The van der Waals surface area contributed by atoms with Gasteiger partial charge in [0.1, 0.15) is 0 Å². The molecule has 0 aliphatic carbocycles. The van der Waals surface area contributed by atoms with E-state index in [9.17, 15) is 4.79 Å². The highest BCUT2D eigenvalue weighted by Gasteiger charge is 2.06. The summed E-state index contributed by atoms with van der Waals surface area (Å²) >= 11 is 0. The zero-order chi connectivity index (χ0) is 15.1. The smallest absolute Gasteiger partial charge is 0.255 e. The molecule has 1 amide bonds. The third-order valence-corrected chi connectivity index (χ3v) is 3.04. The first-order valence-electron chi connectivity index (χ1n) is 6.84. The molecule has 0 spiro atoms. The Bertz CT molecular complexity index is 656. The maximum Gasteiger partial charge on any atom is 0.255 e. The molecule has 4 heteroatoms. The van der Waals surface area contributed by atoms with Crippen molar-refractivity contribution in [3.8, 4) is 6.07 Å². The van der Waals surface area contributed by atoms with Crippen molar-refractivity contribution in [2.45, 2.75) is 13.5 Å². The summed E-state index contributed by atoms with van der Waals surface area (Å²) in [5, 5.41) is 14.9. The molecule has 2 N–H and O–H groups in total. The van der Waals surface area contributed by atoms with Crippen LogP contribution in [0.4, 0.5) is 5.69 Å². The van der Waals surface area contributed by atoms with Crippen LogP contribution in [-0.2, 0) is 6.54 Å². The van der Waals surface area contributed by atoms with E-state index in [1.54, 1.807) is 24.3 Å². The van der Waals surface area contributed by atoms with Gasteiger partial charge in [0, 0.05) is 17.8 Å². The van der Waals surface area contributed by atoms with Crippen molar-refractivity contribution in [1.29, 1.82) is 5.26 Å². The molecule has 0 aromatic heterocycles. The van der Waals surface area contributed by atoms with E-state index < -0.39 is 0 Å². The number of rotatable bonds is 5. The van der Waals surface area contributed by atoms with Crippen LogP contribution in [0.3, 0.4) is 0 Å². The monoisotopic (exact) mass is 279 g/mol. The summed E-state index contributed by atoms with van der Waals surface area (Å²) in [6.07, 6.45) is 0. The number of benzene rings is 2. The first-order valence-corrected chi connectivity index (χ1v) is 6.84. The lowest BCUT2D eigenvalue weighted by atomic mass is 10.1. The Morgan fingerprint density at radius 3 is 2.62 bits per heavy atom. The normalized spacial score (nSPS) is 9.90. The molecular formula is C17H17N3O. The van der Waals surface area contributed by atoms with Crippen molar-refractivity contribution < 1.29 is 4.79 Å². The zero-order valence-electron chi connectivity index (χ0n) is 11.9. The highest BCUT2D eigenvalue weighted by atomic mass is 16.1. The SMILES string of the molecule is CCNCc1cccc(NC(=O)c2ccc(C#N)cc2)c1. The van der Waals surface area contributed by atoms with Crippen LogP contribution >= 0.6 is 0 Å². The average molecular weight is 279 g/mol. The fraction of sp³-hybridized carbons (Fsp3) is 0.176. The van der Waals surface area contributed by atoms with Gasteiger partial charge in [-0.2, -0.15) is 5.26 Å². The third kappa shape index (κ3) is 4.16. The molecule has 2 aromatic carbocycles. The summed E-state index contributed by atoms with van der Waals surface area (Å²) in [7, 11) is 0. The van der Waals surface area contributed by atoms with Crippen LogP contribution in [0.1, 0.15) is 28.4 Å². The van der Waals surface area contributed by atoms with E-state index in [4.69, 9.17) is 5.26 Å². The number of carbonyl (C=O) groups is 1. The summed E-state index contributed by atoms with van der Waals surface area (Å²) < 4.78 is 0. The predicted octanol–water partition coefficient (Wildman–Crippen LogP) is 2.92. The van der Waals surface area contributed by atoms with Crippen LogP contribution in [-0.4, -0.2) is 12.5 Å². The van der Waals surface area contributed by atoms with Gasteiger partial charge in [0.15, 0.2) is 0 Å². The van der Waals surface area contributed by atoms with Gasteiger partial charge in [0.05, 0.1) is 11.6 Å². The van der Waals surface area contributed by atoms with E-state index in [2.05, 4.69) is 17.6 Å². The fourth-order valence-corrected chi connectivity index (χ4v) is 1.93. The standard InChI is InChI=1S/C17H17N3O/c1-2-19-12-14-4-3-5-16(10-14)20-17(21)15-8-6-13(11-18)7-9-15/h3-10,19H,2,12H2,1H3,(H,20,21). The third-order valence-electron chi connectivity index (χ3n) is 3.04. The van der Waals surface area contributed by atoms with Crippen molar-refractivity contribution in [2.24, 2.45) is 0 Å². The molecule has 21 heavy (non-hydrogen) atoms. The molecule has 0 radical (unpaired) electrons. The molecule has 0 saturated carbocycles. The topological polar surface area (TPSA) is 64.9 Å². The van der Waals surface area contributed by atoms with Crippen LogP contribution in [0.5, 0.6) is 0 Å². The Balaban J connectivity index is 2.06. The van der Waals surface area contributed by atoms with Gasteiger partial charge in [-0.05, 0) is 48.5 Å². The van der Waals surface area contributed by atoms with Crippen LogP contribution in [0.2, 0.25) is 0 Å². The van der Waals surface area contributed by atoms with Gasteiger partial charge < -0.3 is 10.6 Å². The number of carbonyl (C=O) groups excluding carboxylic acids is 1. The molecule has 0 aliphatic rings. The molecule has 0 saturated heterocycles. The van der Waals surface area contributed by atoms with E-state index in [0.717, 1.165) is 24.3 Å². The van der Waals surface area contributed by atoms with Crippen molar-refractivity contribution >= 4 is 11.6 Å². The van der Waals surface area contributed by atoms with Gasteiger partial charge in [-0.1, -0.05) is 19.1 Å². The van der Waals surface area contributed by atoms with Crippen LogP contribution in [0.25, 0.3) is 0 Å². The Morgan fingerprint density at radius 1 is 1.19 bits per heavy atom. The lowest BCUT2D eigenvalue weighted by Crippen LogP contribution is -2.14. The highest BCUT2D eigenvalue weighted by molar-refractivity contribution is 6.04. The Kier molecular flexibility index (Phi) is 5.08. The molecule has 2 rings (SSSR count). The van der Waals surface area contributed by atoms with Crippen molar-refractivity contribution in [3.63, 3.8) is 0 Å². The summed E-state index contributed by atoms with van der Waals surface area (Å²) in [5.74, 6) is -0.180. The predicted molar refractivity (Wildman–Crippen MR) is 82.9 cm³/mol. The molecule has 4 nitrogen and oxygen atoms in total. The number of nitrogens with zero attached hydrogens (tertiary/aromatic N) is 1. The van der Waals surface area contributed by atoms with Crippen molar-refractivity contribution in [1.82, 2.24) is 5.32 Å². The van der Waals surface area contributed by atoms with Crippen molar-refractivity contribution in [2.75, 3.05) is 11.9 Å². The van der Waals surface area contributed by atoms with Gasteiger partial charge in [-0.25, -0.2) is 0 Å². The van der Waals surface area contributed by atoms with Gasteiger partial charge >= 0.3 is 0 Å². The summed E-state index contributed by atoms with van der Waals surface area (Å²) in [6, 6.07) is 16.3. The molecule has 0 fully saturated rings. The van der Waals surface area contributed by atoms with E-state index in [0.29, 0.717) is 11.1 Å². The van der Waals surface area contributed by atoms with Crippen LogP contribution < -0.4 is 10.6 Å². The minimum atomic E-state index is -0.180. The molecular weight excluding hydrogens is 262 g/mol. The second kappa shape index (κ2) is 7.22. The Labute approximate surface area is 124 Å². The molecule has 106 valence electrons. The van der Waals surface area contributed by atoms with Gasteiger partial charge in [0.25, 0.3) is 5.91 Å². The molecule has 2 aromatic rings. The molecule has 0 atom stereocenters. The summed E-state index contributed by atoms with van der Waals surface area (Å²) in [5.41, 5.74) is 2.96. The quantitative estimate of drug-likeness (QED) is 0.884. The number of hydrogen-bond donors (Lipinski definition) is 2. The molecule has 0 bridgehead atoms. The van der Waals surface area contributed by atoms with Crippen molar-refractivity contribution in [3.05, 3.63) is 65.2 Å². The Morgan fingerprint density at radius 2 is 1.95 bits per heavy atom. The maximum absolute atomic E-state index is 12.1. The largest absolute Gasteiger partial charge is 0.322 e. The fourth-order valence-electron chi connectivity index (χ4n) is 1.93. The number of nitriles is 1. The number of hydrogen-bond acceptors (Lipinski definition) is 3. The summed E-state index contributed by atoms with van der Waals surface area (Å²) in [4.78, 5) is 12.1. The van der Waals surface area contributed by atoms with Crippen LogP contribution in [0.15, 0.2) is 48.5 Å². The van der Waals surface area contributed by atoms with Gasteiger partial charge in [0.2, 0.25) is 0 Å².